The summed E-state index contributed by atoms with van der Waals surface area (Å²) in [6, 6.07) is 20.7. The van der Waals surface area contributed by atoms with Crippen LogP contribution in [0.1, 0.15) is 22.8 Å². The predicted octanol–water partition coefficient (Wildman–Crippen LogP) is 4.37. The molecule has 4 nitrogen and oxygen atoms in total. The van der Waals surface area contributed by atoms with Gasteiger partial charge in [0.15, 0.2) is 0 Å². The van der Waals surface area contributed by atoms with Crippen LogP contribution < -0.4 is 5.32 Å². The highest BCUT2D eigenvalue weighted by Gasteiger charge is 2.11. The molecule has 3 aromatic carbocycles. The molecule has 3 N–H and O–H groups in total. The maximum atomic E-state index is 11.2. The normalized spacial score (nSPS) is 12.8. The number of carboxylic acids is 1. The quantitative estimate of drug-likeness (QED) is 0.606. The van der Waals surface area contributed by atoms with Crippen LogP contribution in [0.15, 0.2) is 72.8 Å². The van der Waals surface area contributed by atoms with Crippen molar-refractivity contribution in [1.29, 1.82) is 0 Å². The number of nitrogens with one attached hydrogen (secondary N) is 1. The van der Waals surface area contributed by atoms with E-state index >= 15 is 0 Å². The summed E-state index contributed by atoms with van der Waals surface area (Å²) in [6.07, 6.45) is 0.676. The van der Waals surface area contributed by atoms with Crippen molar-refractivity contribution < 1.29 is 15.0 Å². The lowest BCUT2D eigenvalue weighted by Crippen LogP contribution is -2.18. The Hall–Kier alpha value is -3.11. The van der Waals surface area contributed by atoms with Crippen molar-refractivity contribution in [1.82, 2.24) is 0 Å². The maximum absolute atomic E-state index is 11.2. The third kappa shape index (κ3) is 3.87. The Morgan fingerprint density at radius 1 is 1.00 bits per heavy atom. The van der Waals surface area contributed by atoms with Crippen molar-refractivity contribution >= 4 is 28.0 Å². The van der Waals surface area contributed by atoms with Gasteiger partial charge in [-0.3, -0.25) is 0 Å². The van der Waals surface area contributed by atoms with Gasteiger partial charge in [-0.25, -0.2) is 4.79 Å². The molecule has 25 heavy (non-hydrogen) atoms. The van der Waals surface area contributed by atoms with Crippen molar-refractivity contribution in [3.63, 3.8) is 0 Å². The van der Waals surface area contributed by atoms with Crippen molar-refractivity contribution in [2.45, 2.75) is 13.2 Å². The summed E-state index contributed by atoms with van der Waals surface area (Å²) in [4.78, 5) is 11.2. The first-order valence-corrected chi connectivity index (χ1v) is 7.99. The molecule has 0 heterocycles. The minimum Gasteiger partial charge on any atom is -0.478 e. The number of anilines is 1. The highest BCUT2D eigenvalue weighted by atomic mass is 16.4. The van der Waals surface area contributed by atoms with Crippen LogP contribution in [0, 0.1) is 0 Å². The molecule has 0 amide bonds. The molecule has 0 fully saturated rings. The number of carbonyl (C=O) groups is 1. The van der Waals surface area contributed by atoms with E-state index < -0.39 is 12.2 Å². The van der Waals surface area contributed by atoms with Gasteiger partial charge >= 0.3 is 5.97 Å². The molecular weight excluding hydrogens is 314 g/mol. The predicted molar refractivity (Wildman–Crippen MR) is 101 cm³/mol. The third-order valence-electron chi connectivity index (χ3n) is 4.07. The fraction of sp³-hybridized carbons (Fsp3) is 0.0952. The first-order valence-electron chi connectivity index (χ1n) is 7.99. The van der Waals surface area contributed by atoms with Gasteiger partial charge in [-0.05, 0) is 53.1 Å². The Balaban J connectivity index is 1.82. The van der Waals surface area contributed by atoms with Crippen molar-refractivity contribution in [2.75, 3.05) is 5.32 Å². The second kappa shape index (κ2) is 7.20. The lowest BCUT2D eigenvalue weighted by Gasteiger charge is -2.14. The number of hydrogen-bond acceptors (Lipinski definition) is 3. The number of aliphatic hydroxyl groups excluding tert-OH is 1. The second-order valence-corrected chi connectivity index (χ2v) is 5.85. The number of benzene rings is 3. The molecule has 0 aliphatic carbocycles. The summed E-state index contributed by atoms with van der Waals surface area (Å²) in [6.45, 7) is 1.91. The number of aliphatic hydroxyl groups is 1. The van der Waals surface area contributed by atoms with Gasteiger partial charge in [0.1, 0.15) is 6.23 Å². The van der Waals surface area contributed by atoms with Gasteiger partial charge in [0.25, 0.3) is 0 Å². The molecule has 0 bridgehead atoms. The number of allylic oxidation sites excluding steroid dienone is 1. The maximum Gasteiger partial charge on any atom is 0.337 e. The van der Waals surface area contributed by atoms with E-state index in [9.17, 15) is 15.0 Å². The van der Waals surface area contributed by atoms with Gasteiger partial charge < -0.3 is 15.5 Å². The van der Waals surface area contributed by atoms with Crippen LogP contribution in [0.25, 0.3) is 16.3 Å². The van der Waals surface area contributed by atoms with E-state index in [-0.39, 0.29) is 5.56 Å². The Morgan fingerprint density at radius 3 is 2.44 bits per heavy atom. The first kappa shape index (κ1) is 16.7. The Bertz CT molecular complexity index is 947. The molecule has 1 unspecified atom stereocenters. The Labute approximate surface area is 146 Å². The first-order chi connectivity index (χ1) is 12.0. The summed E-state index contributed by atoms with van der Waals surface area (Å²) < 4.78 is 0. The molecule has 1 atom stereocenters. The topological polar surface area (TPSA) is 69.6 Å². The summed E-state index contributed by atoms with van der Waals surface area (Å²) in [5.74, 6) is -1.04. The smallest absolute Gasteiger partial charge is 0.337 e. The van der Waals surface area contributed by atoms with Crippen LogP contribution in [-0.4, -0.2) is 22.4 Å². The van der Waals surface area contributed by atoms with Crippen LogP contribution in [-0.2, 0) is 0 Å². The van der Waals surface area contributed by atoms with Gasteiger partial charge in [-0.2, -0.15) is 0 Å². The van der Waals surface area contributed by atoms with Crippen LogP contribution in [0.4, 0.5) is 5.69 Å². The summed E-state index contributed by atoms with van der Waals surface area (Å²) >= 11 is 0. The van der Waals surface area contributed by atoms with E-state index in [2.05, 4.69) is 17.4 Å². The van der Waals surface area contributed by atoms with E-state index in [1.165, 1.54) is 6.07 Å². The lowest BCUT2D eigenvalue weighted by atomic mass is 10.0. The zero-order valence-corrected chi connectivity index (χ0v) is 13.8. The largest absolute Gasteiger partial charge is 0.478 e. The Morgan fingerprint density at radius 2 is 1.68 bits per heavy atom. The molecule has 3 aromatic rings. The fourth-order valence-corrected chi connectivity index (χ4v) is 2.76. The zero-order valence-electron chi connectivity index (χ0n) is 13.8. The molecule has 3 rings (SSSR count). The second-order valence-electron chi connectivity index (χ2n) is 5.85. The molecule has 0 aliphatic rings. The van der Waals surface area contributed by atoms with Crippen LogP contribution in [0.2, 0.25) is 0 Å². The minimum absolute atomic E-state index is 0.123. The number of fused-ring (bicyclic) bond motifs is 1. The number of carboxylic acid groups (broad SMARTS) is 1. The summed E-state index contributed by atoms with van der Waals surface area (Å²) in [5.41, 5.74) is 2.41. The SMILES string of the molecule is C/C(=C\C(O)Nc1ccccc1C(=O)O)c1ccc2ccccc2c1. The van der Waals surface area contributed by atoms with Gasteiger partial charge in [0, 0.05) is 0 Å². The van der Waals surface area contributed by atoms with Crippen LogP contribution in [0.5, 0.6) is 0 Å². The molecular formula is C21H19NO3. The van der Waals surface area contributed by atoms with Crippen molar-refractivity contribution in [2.24, 2.45) is 0 Å². The number of hydrogen-bond donors (Lipinski definition) is 3. The van der Waals surface area contributed by atoms with E-state index in [1.54, 1.807) is 24.3 Å². The van der Waals surface area contributed by atoms with E-state index in [4.69, 9.17) is 0 Å². The number of rotatable bonds is 5. The van der Waals surface area contributed by atoms with Crippen LogP contribution >= 0.6 is 0 Å². The molecule has 0 saturated carbocycles. The average molecular weight is 333 g/mol. The van der Waals surface area contributed by atoms with Gasteiger partial charge in [0.2, 0.25) is 0 Å². The zero-order chi connectivity index (χ0) is 17.8. The molecule has 0 aromatic heterocycles. The minimum atomic E-state index is -1.04. The highest BCUT2D eigenvalue weighted by Crippen LogP contribution is 2.22. The van der Waals surface area contributed by atoms with E-state index in [1.807, 2.05) is 37.3 Å². The van der Waals surface area contributed by atoms with Crippen molar-refractivity contribution in [3.8, 4) is 0 Å². The third-order valence-corrected chi connectivity index (χ3v) is 4.07. The molecule has 126 valence electrons. The Kier molecular flexibility index (Phi) is 4.82. The summed E-state index contributed by atoms with van der Waals surface area (Å²) in [5, 5.41) is 24.6. The van der Waals surface area contributed by atoms with Gasteiger partial charge in [-0.15, -0.1) is 0 Å². The fourth-order valence-electron chi connectivity index (χ4n) is 2.76. The van der Waals surface area contributed by atoms with Crippen molar-refractivity contribution in [3.05, 3.63) is 83.9 Å². The average Bonchev–Trinajstić information content (AvgIpc) is 2.61. The van der Waals surface area contributed by atoms with Crippen LogP contribution in [0.3, 0.4) is 0 Å². The lowest BCUT2D eigenvalue weighted by molar-refractivity contribution is 0.0698. The van der Waals surface area contributed by atoms with Gasteiger partial charge in [0.05, 0.1) is 11.3 Å². The molecule has 0 radical (unpaired) electrons. The van der Waals surface area contributed by atoms with E-state index in [0.717, 1.165) is 21.9 Å². The number of aromatic carboxylic acids is 1. The summed E-state index contributed by atoms with van der Waals surface area (Å²) in [7, 11) is 0. The molecule has 0 aliphatic heterocycles. The molecule has 0 spiro atoms. The van der Waals surface area contributed by atoms with E-state index in [0.29, 0.717) is 5.69 Å². The molecule has 0 saturated heterocycles. The van der Waals surface area contributed by atoms with Gasteiger partial charge in [-0.1, -0.05) is 48.5 Å². The molecule has 4 heteroatoms. The standard InChI is InChI=1S/C21H19NO3/c1-14(16-11-10-15-6-2-3-7-17(15)13-16)12-20(23)22-19-9-5-4-8-18(19)21(24)25/h2-13,20,22-23H,1H3,(H,24,25)/b14-12+. The monoisotopic (exact) mass is 333 g/mol. The number of para-hydroxylation sites is 1. The highest BCUT2D eigenvalue weighted by molar-refractivity contribution is 5.94.